The molecular weight excluding hydrogens is 423 g/mol. The molecule has 11 heteroatoms. The number of hydroxylamine groups is 2. The van der Waals surface area contributed by atoms with Crippen LogP contribution in [0.15, 0.2) is 41.0 Å². The summed E-state index contributed by atoms with van der Waals surface area (Å²) in [5.41, 5.74) is 0.703. The molecule has 2 aromatic rings. The minimum Gasteiger partial charge on any atom is -0.459 e. The number of hydrogen-bond donors (Lipinski definition) is 1. The van der Waals surface area contributed by atoms with Crippen LogP contribution < -0.4 is 15.1 Å². The van der Waals surface area contributed by atoms with Crippen LogP contribution in [-0.2, 0) is 14.4 Å². The first kappa shape index (κ1) is 21.6. The predicted octanol–water partition coefficient (Wildman–Crippen LogP) is 1.77. The van der Waals surface area contributed by atoms with E-state index in [1.165, 1.54) is 29.2 Å². The van der Waals surface area contributed by atoms with E-state index in [4.69, 9.17) is 14.0 Å². The molecular formula is C21H23FN4O6. The quantitative estimate of drug-likeness (QED) is 0.747. The van der Waals surface area contributed by atoms with Crippen molar-refractivity contribution in [3.05, 3.63) is 48.2 Å². The molecule has 1 N–H and O–H groups in total. The fourth-order valence-corrected chi connectivity index (χ4v) is 3.59. The first-order valence-electron chi connectivity index (χ1n) is 10.2. The molecule has 3 heterocycles. The molecule has 0 radical (unpaired) electrons. The van der Waals surface area contributed by atoms with E-state index in [0.29, 0.717) is 24.5 Å². The number of benzene rings is 1. The lowest BCUT2D eigenvalue weighted by atomic mass is 10.2. The minimum atomic E-state index is -0.595. The van der Waals surface area contributed by atoms with Crippen molar-refractivity contribution in [2.24, 2.45) is 0 Å². The summed E-state index contributed by atoms with van der Waals surface area (Å²) in [6.45, 7) is 2.93. The van der Waals surface area contributed by atoms with E-state index in [0.717, 1.165) is 0 Å². The molecule has 2 aliphatic rings. The molecule has 4 rings (SSSR count). The van der Waals surface area contributed by atoms with E-state index < -0.39 is 23.9 Å². The molecule has 0 spiro atoms. The Kier molecular flexibility index (Phi) is 6.26. The van der Waals surface area contributed by atoms with Crippen molar-refractivity contribution in [3.8, 4) is 0 Å². The number of amides is 3. The molecule has 1 aromatic heterocycles. The summed E-state index contributed by atoms with van der Waals surface area (Å²) in [4.78, 5) is 44.2. The lowest BCUT2D eigenvalue weighted by Gasteiger charge is -2.23. The number of carbonyl (C=O) groups is 3. The number of hydrogen-bond acceptors (Lipinski definition) is 7. The monoisotopic (exact) mass is 446 g/mol. The topological polar surface area (TPSA) is 105 Å². The lowest BCUT2D eigenvalue weighted by molar-refractivity contribution is -0.119. The third kappa shape index (κ3) is 4.67. The molecule has 1 unspecified atom stereocenters. The number of halogens is 1. The number of nitrogens with one attached hydrogen (secondary N) is 1. The van der Waals surface area contributed by atoms with Gasteiger partial charge in [0.25, 0.3) is 0 Å². The van der Waals surface area contributed by atoms with Gasteiger partial charge >= 0.3 is 12.0 Å². The molecule has 10 nitrogen and oxygen atoms in total. The Labute approximate surface area is 183 Å². The summed E-state index contributed by atoms with van der Waals surface area (Å²) in [5, 5.41) is 3.81. The predicted molar refractivity (Wildman–Crippen MR) is 111 cm³/mol. The van der Waals surface area contributed by atoms with Gasteiger partial charge in [-0.3, -0.25) is 19.3 Å². The normalized spacial score (nSPS) is 19.0. The van der Waals surface area contributed by atoms with Crippen molar-refractivity contribution in [1.29, 1.82) is 0 Å². The summed E-state index contributed by atoms with van der Waals surface area (Å²) in [6.07, 6.45) is 0.310. The average molecular weight is 446 g/mol. The van der Waals surface area contributed by atoms with Gasteiger partial charge in [0.05, 0.1) is 43.9 Å². The third-order valence-electron chi connectivity index (χ3n) is 5.18. The summed E-state index contributed by atoms with van der Waals surface area (Å²) in [6, 6.07) is 7.67. The van der Waals surface area contributed by atoms with Gasteiger partial charge in [-0.2, -0.15) is 0 Å². The molecule has 170 valence electrons. The van der Waals surface area contributed by atoms with Gasteiger partial charge in [-0.25, -0.2) is 14.2 Å². The molecule has 1 atom stereocenters. The lowest BCUT2D eigenvalue weighted by Crippen LogP contribution is -2.34. The molecule has 2 fully saturated rings. The first-order valence-corrected chi connectivity index (χ1v) is 10.2. The number of nitrogens with zero attached hydrogens (tertiary/aromatic N) is 3. The fourth-order valence-electron chi connectivity index (χ4n) is 3.59. The molecule has 0 bridgehead atoms. The van der Waals surface area contributed by atoms with E-state index in [1.807, 2.05) is 0 Å². The highest BCUT2D eigenvalue weighted by atomic mass is 19.1. The molecule has 32 heavy (non-hydrogen) atoms. The highest BCUT2D eigenvalue weighted by Gasteiger charge is 2.33. The number of cyclic esters (lactones) is 1. The van der Waals surface area contributed by atoms with Gasteiger partial charge in [-0.05, 0) is 30.3 Å². The van der Waals surface area contributed by atoms with Crippen molar-refractivity contribution in [2.75, 3.05) is 49.1 Å². The number of carbonyl (C=O) groups excluding carboxylic acids is 3. The SMILES string of the molecule is CC(=O)NCC1CN(c2ccc(N3CCON(C(=O)c4ccco4)CC3)c(F)c2)C(=O)O1. The maximum absolute atomic E-state index is 15.0. The number of anilines is 2. The van der Waals surface area contributed by atoms with E-state index in [2.05, 4.69) is 5.32 Å². The molecule has 1 aromatic carbocycles. The number of rotatable bonds is 5. The average Bonchev–Trinajstić information content (AvgIpc) is 3.36. The van der Waals surface area contributed by atoms with E-state index in [-0.39, 0.29) is 37.9 Å². The first-order chi connectivity index (χ1) is 15.4. The second-order valence-electron chi connectivity index (χ2n) is 7.39. The fraction of sp³-hybridized carbons (Fsp3) is 0.381. The van der Waals surface area contributed by atoms with Gasteiger partial charge in [-0.1, -0.05) is 0 Å². The largest absolute Gasteiger partial charge is 0.459 e. The van der Waals surface area contributed by atoms with Gasteiger partial charge < -0.3 is 19.4 Å². The maximum Gasteiger partial charge on any atom is 0.414 e. The maximum atomic E-state index is 15.0. The highest BCUT2D eigenvalue weighted by molar-refractivity contribution is 5.91. The Hall–Kier alpha value is -3.60. The second-order valence-corrected chi connectivity index (χ2v) is 7.39. The molecule has 3 amide bonds. The van der Waals surface area contributed by atoms with Crippen LogP contribution in [0.1, 0.15) is 17.5 Å². The Morgan fingerprint density at radius 2 is 2.06 bits per heavy atom. The molecule has 0 saturated carbocycles. The van der Waals surface area contributed by atoms with Crippen molar-refractivity contribution in [1.82, 2.24) is 10.4 Å². The van der Waals surface area contributed by atoms with Crippen LogP contribution in [0.25, 0.3) is 0 Å². The number of ether oxygens (including phenoxy) is 1. The Balaban J connectivity index is 1.40. The Bertz CT molecular complexity index is 998. The van der Waals surface area contributed by atoms with Crippen LogP contribution in [-0.4, -0.2) is 68.4 Å². The standard InChI is InChI=1S/C21H23FN4O6/c1-14(27)23-12-16-13-25(21(29)32-16)15-4-5-18(17(22)11-15)24-6-7-26(31-10-8-24)20(28)19-3-2-9-30-19/h2-5,9,11,16H,6-8,10,12-13H2,1H3,(H,23,27). The summed E-state index contributed by atoms with van der Waals surface area (Å²) >= 11 is 0. The molecule has 0 aliphatic carbocycles. The zero-order valence-electron chi connectivity index (χ0n) is 17.5. The van der Waals surface area contributed by atoms with Crippen molar-refractivity contribution in [3.63, 3.8) is 0 Å². The zero-order chi connectivity index (χ0) is 22.7. The Morgan fingerprint density at radius 3 is 2.78 bits per heavy atom. The third-order valence-corrected chi connectivity index (χ3v) is 5.18. The highest BCUT2D eigenvalue weighted by Crippen LogP contribution is 2.28. The van der Waals surface area contributed by atoms with Gasteiger partial charge in [0, 0.05) is 20.0 Å². The Morgan fingerprint density at radius 1 is 1.22 bits per heavy atom. The van der Waals surface area contributed by atoms with E-state index >= 15 is 0 Å². The van der Waals surface area contributed by atoms with Crippen LogP contribution in [0, 0.1) is 5.82 Å². The van der Waals surface area contributed by atoms with Crippen LogP contribution in [0.5, 0.6) is 0 Å². The van der Waals surface area contributed by atoms with Gasteiger partial charge in [0.1, 0.15) is 11.9 Å². The molecule has 2 aliphatic heterocycles. The second kappa shape index (κ2) is 9.27. The van der Waals surface area contributed by atoms with E-state index in [9.17, 15) is 18.8 Å². The number of furan rings is 1. The van der Waals surface area contributed by atoms with Crippen molar-refractivity contribution in [2.45, 2.75) is 13.0 Å². The van der Waals surface area contributed by atoms with E-state index in [1.54, 1.807) is 29.2 Å². The molecule has 2 saturated heterocycles. The summed E-state index contributed by atoms with van der Waals surface area (Å²) in [5.74, 6) is -0.954. The summed E-state index contributed by atoms with van der Waals surface area (Å²) < 4.78 is 25.3. The van der Waals surface area contributed by atoms with Crippen molar-refractivity contribution >= 4 is 29.3 Å². The van der Waals surface area contributed by atoms with Crippen molar-refractivity contribution < 1.29 is 32.8 Å². The van der Waals surface area contributed by atoms with Gasteiger partial charge in [0.15, 0.2) is 5.76 Å². The van der Waals surface area contributed by atoms with Gasteiger partial charge in [-0.15, -0.1) is 0 Å². The van der Waals surface area contributed by atoms with Crippen LogP contribution in [0.2, 0.25) is 0 Å². The van der Waals surface area contributed by atoms with Crippen LogP contribution >= 0.6 is 0 Å². The van der Waals surface area contributed by atoms with Crippen LogP contribution in [0.3, 0.4) is 0 Å². The van der Waals surface area contributed by atoms with Gasteiger partial charge in [0.2, 0.25) is 5.91 Å². The minimum absolute atomic E-state index is 0.170. The zero-order valence-corrected chi connectivity index (χ0v) is 17.5. The van der Waals surface area contributed by atoms with Crippen LogP contribution in [0.4, 0.5) is 20.6 Å². The smallest absolute Gasteiger partial charge is 0.414 e. The summed E-state index contributed by atoms with van der Waals surface area (Å²) in [7, 11) is 0.